The van der Waals surface area contributed by atoms with Crippen molar-refractivity contribution in [3.63, 3.8) is 0 Å². The number of aromatic carboxylic acids is 1. The zero-order valence-corrected chi connectivity index (χ0v) is 12.1. The molecule has 2 unspecified atom stereocenters. The molecule has 0 saturated heterocycles. The summed E-state index contributed by atoms with van der Waals surface area (Å²) in [5, 5.41) is 19.5. The van der Waals surface area contributed by atoms with E-state index in [-0.39, 0.29) is 16.9 Å². The number of Topliss-reactive ketones (excluding diaryl/α,β-unsaturated/α-hetero) is 1. The van der Waals surface area contributed by atoms with Gasteiger partial charge in [0.05, 0.1) is 11.7 Å². The highest BCUT2D eigenvalue weighted by molar-refractivity contribution is 6.07. The molecule has 1 aromatic carbocycles. The first-order valence-corrected chi connectivity index (χ1v) is 7.66. The molecule has 2 rings (SSSR count). The van der Waals surface area contributed by atoms with E-state index in [1.807, 2.05) is 0 Å². The van der Waals surface area contributed by atoms with Gasteiger partial charge in [-0.1, -0.05) is 50.3 Å². The fraction of sp³-hybridized carbons (Fsp3) is 0.529. The lowest BCUT2D eigenvalue weighted by atomic mass is 9.85. The molecule has 1 aliphatic rings. The Morgan fingerprint density at radius 2 is 1.48 bits per heavy atom. The normalized spacial score (nSPS) is 23.7. The molecule has 21 heavy (non-hydrogen) atoms. The molecule has 0 amide bonds. The summed E-state index contributed by atoms with van der Waals surface area (Å²) >= 11 is 0. The monoisotopic (exact) mass is 290 g/mol. The molecule has 4 heteroatoms. The molecule has 0 radical (unpaired) electrons. The maximum Gasteiger partial charge on any atom is 0.336 e. The summed E-state index contributed by atoms with van der Waals surface area (Å²) < 4.78 is 0. The van der Waals surface area contributed by atoms with Crippen LogP contribution >= 0.6 is 0 Å². The third kappa shape index (κ3) is 3.91. The van der Waals surface area contributed by atoms with E-state index in [0.29, 0.717) is 12.8 Å². The summed E-state index contributed by atoms with van der Waals surface area (Å²) in [6, 6.07) is 6.27. The Balaban J connectivity index is 2.25. The zero-order chi connectivity index (χ0) is 15.2. The molecule has 2 atom stereocenters. The van der Waals surface area contributed by atoms with Gasteiger partial charge in [-0.15, -0.1) is 0 Å². The highest BCUT2D eigenvalue weighted by atomic mass is 16.4. The second kappa shape index (κ2) is 7.36. The van der Waals surface area contributed by atoms with Gasteiger partial charge in [-0.2, -0.15) is 0 Å². The molecule has 0 heterocycles. The Kier molecular flexibility index (Phi) is 5.51. The quantitative estimate of drug-likeness (QED) is 0.838. The van der Waals surface area contributed by atoms with Crippen molar-refractivity contribution in [1.82, 2.24) is 0 Å². The molecule has 0 bridgehead atoms. The Morgan fingerprint density at radius 3 is 2.14 bits per heavy atom. The molecule has 4 nitrogen and oxygen atoms in total. The van der Waals surface area contributed by atoms with Crippen LogP contribution in [0.25, 0.3) is 0 Å². The number of carboxylic acid groups (broad SMARTS) is 1. The molecule has 0 aromatic heterocycles. The summed E-state index contributed by atoms with van der Waals surface area (Å²) in [6.07, 6.45) is 5.70. The first-order chi connectivity index (χ1) is 10.1. The Morgan fingerprint density at radius 1 is 0.905 bits per heavy atom. The highest BCUT2D eigenvalue weighted by Crippen LogP contribution is 2.26. The van der Waals surface area contributed by atoms with E-state index in [9.17, 15) is 19.8 Å². The minimum Gasteiger partial charge on any atom is -0.478 e. The van der Waals surface area contributed by atoms with Gasteiger partial charge in [-0.25, -0.2) is 4.79 Å². The molecule has 1 saturated carbocycles. The Hall–Kier alpha value is -1.68. The van der Waals surface area contributed by atoms with Crippen LogP contribution in [0.1, 0.15) is 65.7 Å². The van der Waals surface area contributed by atoms with Crippen molar-refractivity contribution in [2.24, 2.45) is 5.92 Å². The van der Waals surface area contributed by atoms with Crippen molar-refractivity contribution >= 4 is 11.8 Å². The lowest BCUT2D eigenvalue weighted by molar-refractivity contribution is 0.0608. The van der Waals surface area contributed by atoms with E-state index >= 15 is 0 Å². The van der Waals surface area contributed by atoms with Crippen molar-refractivity contribution < 1.29 is 19.8 Å². The largest absolute Gasteiger partial charge is 0.478 e. The van der Waals surface area contributed by atoms with Gasteiger partial charge in [-0.3, -0.25) is 4.79 Å². The molecule has 0 aliphatic heterocycles. The first kappa shape index (κ1) is 15.7. The molecule has 0 spiro atoms. The number of aliphatic hydroxyl groups is 1. The topological polar surface area (TPSA) is 74.6 Å². The van der Waals surface area contributed by atoms with E-state index in [1.165, 1.54) is 6.07 Å². The Bertz CT molecular complexity index is 509. The van der Waals surface area contributed by atoms with E-state index < -0.39 is 18.0 Å². The number of rotatable bonds is 3. The summed E-state index contributed by atoms with van der Waals surface area (Å²) in [5.74, 6) is -1.82. The van der Waals surface area contributed by atoms with Crippen molar-refractivity contribution in [3.05, 3.63) is 35.4 Å². The third-order valence-corrected chi connectivity index (χ3v) is 4.24. The maximum absolute atomic E-state index is 12.7. The van der Waals surface area contributed by atoms with Crippen LogP contribution in [-0.4, -0.2) is 28.1 Å². The molecule has 1 aromatic rings. The molecule has 1 aliphatic carbocycles. The predicted molar refractivity (Wildman–Crippen MR) is 79.5 cm³/mol. The number of aliphatic hydroxyl groups excluding tert-OH is 1. The van der Waals surface area contributed by atoms with Gasteiger partial charge >= 0.3 is 5.97 Å². The highest BCUT2D eigenvalue weighted by Gasteiger charge is 2.29. The smallest absolute Gasteiger partial charge is 0.336 e. The minimum atomic E-state index is -1.10. The van der Waals surface area contributed by atoms with Crippen LogP contribution in [0.5, 0.6) is 0 Å². The van der Waals surface area contributed by atoms with Crippen LogP contribution in [0.3, 0.4) is 0 Å². The van der Waals surface area contributed by atoms with Gasteiger partial charge in [-0.05, 0) is 18.9 Å². The van der Waals surface area contributed by atoms with Crippen molar-refractivity contribution in [1.29, 1.82) is 0 Å². The Labute approximate surface area is 124 Å². The maximum atomic E-state index is 12.7. The van der Waals surface area contributed by atoms with Crippen LogP contribution in [-0.2, 0) is 0 Å². The zero-order valence-electron chi connectivity index (χ0n) is 12.1. The number of hydrogen-bond acceptors (Lipinski definition) is 3. The van der Waals surface area contributed by atoms with Crippen LogP contribution in [0.15, 0.2) is 24.3 Å². The fourth-order valence-corrected chi connectivity index (χ4v) is 3.03. The summed E-state index contributed by atoms with van der Waals surface area (Å²) in [7, 11) is 0. The van der Waals surface area contributed by atoms with Crippen LogP contribution in [0, 0.1) is 5.92 Å². The van der Waals surface area contributed by atoms with Crippen molar-refractivity contribution in [2.75, 3.05) is 0 Å². The van der Waals surface area contributed by atoms with E-state index in [4.69, 9.17) is 0 Å². The van der Waals surface area contributed by atoms with Gasteiger partial charge in [0.25, 0.3) is 0 Å². The van der Waals surface area contributed by atoms with Crippen LogP contribution in [0.4, 0.5) is 0 Å². The van der Waals surface area contributed by atoms with Crippen molar-refractivity contribution in [3.8, 4) is 0 Å². The average Bonchev–Trinajstić information content (AvgIpc) is 2.58. The van der Waals surface area contributed by atoms with E-state index in [1.54, 1.807) is 18.2 Å². The number of carbonyl (C=O) groups is 2. The lowest BCUT2D eigenvalue weighted by Crippen LogP contribution is -2.29. The van der Waals surface area contributed by atoms with Crippen LogP contribution in [0.2, 0.25) is 0 Å². The second-order valence-electron chi connectivity index (χ2n) is 5.73. The molecule has 114 valence electrons. The standard InChI is InChI=1S/C17H22O4/c18-15-11-5-3-1-2-4-10-14(15)16(19)12-8-6-7-9-13(12)17(20)21/h6-9,14-15,18H,1-5,10-11H2,(H,20,21). The first-order valence-electron chi connectivity index (χ1n) is 7.66. The average molecular weight is 290 g/mol. The molecule has 2 N–H and O–H groups in total. The molecular formula is C17H22O4. The van der Waals surface area contributed by atoms with Gasteiger partial charge in [0.2, 0.25) is 0 Å². The lowest BCUT2D eigenvalue weighted by Gasteiger charge is -2.21. The van der Waals surface area contributed by atoms with Gasteiger partial charge in [0.1, 0.15) is 0 Å². The third-order valence-electron chi connectivity index (χ3n) is 4.24. The minimum absolute atomic E-state index is 0.0228. The molecule has 1 fully saturated rings. The number of benzene rings is 1. The van der Waals surface area contributed by atoms with Gasteiger partial charge < -0.3 is 10.2 Å². The SMILES string of the molecule is O=C(O)c1ccccc1C(=O)C1CCCCCCCC1O. The van der Waals surface area contributed by atoms with E-state index in [2.05, 4.69) is 0 Å². The predicted octanol–water partition coefficient (Wildman–Crippen LogP) is 3.29. The van der Waals surface area contributed by atoms with Gasteiger partial charge in [0.15, 0.2) is 5.78 Å². The van der Waals surface area contributed by atoms with Crippen molar-refractivity contribution in [2.45, 2.75) is 51.0 Å². The second-order valence-corrected chi connectivity index (χ2v) is 5.73. The number of carbonyl (C=O) groups excluding carboxylic acids is 1. The summed E-state index contributed by atoms with van der Waals surface area (Å²) in [6.45, 7) is 0. The fourth-order valence-electron chi connectivity index (χ4n) is 3.03. The van der Waals surface area contributed by atoms with Gasteiger partial charge in [0, 0.05) is 11.5 Å². The number of ketones is 1. The van der Waals surface area contributed by atoms with E-state index in [0.717, 1.165) is 32.1 Å². The molecular weight excluding hydrogens is 268 g/mol. The number of hydrogen-bond donors (Lipinski definition) is 2. The van der Waals surface area contributed by atoms with Crippen LogP contribution < -0.4 is 0 Å². The summed E-state index contributed by atoms with van der Waals surface area (Å²) in [4.78, 5) is 23.9. The number of carboxylic acids is 1. The summed E-state index contributed by atoms with van der Waals surface area (Å²) in [5.41, 5.74) is 0.239.